The Morgan fingerprint density at radius 2 is 1.80 bits per heavy atom. The van der Waals surface area contributed by atoms with Crippen LogP contribution in [0.4, 0.5) is 4.39 Å². The van der Waals surface area contributed by atoms with E-state index >= 15 is 0 Å². The molecule has 0 unspecified atom stereocenters. The van der Waals surface area contributed by atoms with Crippen molar-refractivity contribution < 1.29 is 4.39 Å². The molecule has 1 N–H and O–H groups in total. The number of hydrogen-bond donors (Lipinski definition) is 1. The maximum atomic E-state index is 13.7. The zero-order valence-corrected chi connectivity index (χ0v) is 17.0. The standard InChI is InChI=1S/C24H18ClFN4/c1-15-12-17(26)8-11-20(15)24-27-18(14-30(24)19-9-6-16(25)7-10-19)13-23-28-21-4-2-3-5-22(21)29-23/h2-12,14H,13H2,1H3,(H,28,29). The molecule has 5 aromatic rings. The minimum absolute atomic E-state index is 0.261. The second-order valence-electron chi connectivity index (χ2n) is 7.24. The van der Waals surface area contributed by atoms with Crippen molar-refractivity contribution in [3.63, 3.8) is 0 Å². The highest BCUT2D eigenvalue weighted by Gasteiger charge is 2.16. The number of fused-ring (bicyclic) bond motifs is 1. The van der Waals surface area contributed by atoms with Gasteiger partial charge in [-0.1, -0.05) is 23.7 Å². The summed E-state index contributed by atoms with van der Waals surface area (Å²) in [7, 11) is 0. The molecule has 0 spiro atoms. The minimum atomic E-state index is -0.261. The zero-order chi connectivity index (χ0) is 20.7. The molecular formula is C24H18ClFN4. The van der Waals surface area contributed by atoms with E-state index in [1.165, 1.54) is 12.1 Å². The topological polar surface area (TPSA) is 46.5 Å². The number of rotatable bonds is 4. The van der Waals surface area contributed by atoms with E-state index in [2.05, 4.69) is 9.97 Å². The molecule has 2 heterocycles. The lowest BCUT2D eigenvalue weighted by Gasteiger charge is -2.10. The number of nitrogens with one attached hydrogen (secondary N) is 1. The van der Waals surface area contributed by atoms with Crippen LogP contribution in [-0.2, 0) is 6.42 Å². The fraction of sp³-hybridized carbons (Fsp3) is 0.0833. The number of aromatic amines is 1. The molecule has 0 saturated carbocycles. The predicted octanol–water partition coefficient (Wildman–Crippen LogP) is 6.11. The summed E-state index contributed by atoms with van der Waals surface area (Å²) >= 11 is 6.07. The molecule has 0 radical (unpaired) electrons. The molecule has 148 valence electrons. The van der Waals surface area contributed by atoms with Gasteiger partial charge in [-0.25, -0.2) is 14.4 Å². The quantitative estimate of drug-likeness (QED) is 0.384. The van der Waals surface area contributed by atoms with Gasteiger partial charge < -0.3 is 4.98 Å². The number of aryl methyl sites for hydroxylation is 1. The monoisotopic (exact) mass is 416 g/mol. The van der Waals surface area contributed by atoms with Crippen LogP contribution in [0.3, 0.4) is 0 Å². The van der Waals surface area contributed by atoms with Crippen molar-refractivity contribution in [2.24, 2.45) is 0 Å². The van der Waals surface area contributed by atoms with Crippen molar-refractivity contribution in [1.29, 1.82) is 0 Å². The molecule has 2 aromatic heterocycles. The average Bonchev–Trinajstić information content (AvgIpc) is 3.32. The van der Waals surface area contributed by atoms with Gasteiger partial charge in [0, 0.05) is 28.9 Å². The average molecular weight is 417 g/mol. The minimum Gasteiger partial charge on any atom is -0.342 e. The number of nitrogens with zero attached hydrogens (tertiary/aromatic N) is 3. The molecule has 0 fully saturated rings. The van der Waals surface area contributed by atoms with Crippen LogP contribution in [0.25, 0.3) is 28.1 Å². The first-order chi connectivity index (χ1) is 14.6. The lowest BCUT2D eigenvalue weighted by atomic mass is 10.1. The van der Waals surface area contributed by atoms with Crippen LogP contribution in [0.2, 0.25) is 5.02 Å². The highest BCUT2D eigenvalue weighted by atomic mass is 35.5. The Bertz CT molecular complexity index is 1320. The highest BCUT2D eigenvalue weighted by molar-refractivity contribution is 6.30. The molecule has 0 amide bonds. The SMILES string of the molecule is Cc1cc(F)ccc1-c1nc(Cc2nc3ccccc3[nH]2)cn1-c1ccc(Cl)cc1. The third-order valence-electron chi connectivity index (χ3n) is 5.08. The molecule has 0 bridgehead atoms. The van der Waals surface area contributed by atoms with Gasteiger partial charge in [0.1, 0.15) is 17.5 Å². The van der Waals surface area contributed by atoms with E-state index in [1.807, 2.05) is 66.2 Å². The third kappa shape index (κ3) is 3.48. The Labute approximate surface area is 178 Å². The normalized spacial score (nSPS) is 11.3. The van der Waals surface area contributed by atoms with E-state index in [1.54, 1.807) is 6.07 Å². The Hall–Kier alpha value is -3.44. The van der Waals surface area contributed by atoms with Crippen LogP contribution in [0.1, 0.15) is 17.1 Å². The van der Waals surface area contributed by atoms with E-state index in [9.17, 15) is 4.39 Å². The number of imidazole rings is 2. The molecule has 0 saturated heterocycles. The lowest BCUT2D eigenvalue weighted by molar-refractivity contribution is 0.627. The van der Waals surface area contributed by atoms with Crippen LogP contribution in [0, 0.1) is 12.7 Å². The number of hydrogen-bond acceptors (Lipinski definition) is 2. The Balaban J connectivity index is 1.61. The van der Waals surface area contributed by atoms with E-state index < -0.39 is 0 Å². The van der Waals surface area contributed by atoms with Crippen LogP contribution >= 0.6 is 11.6 Å². The molecule has 6 heteroatoms. The van der Waals surface area contributed by atoms with Crippen LogP contribution in [0.15, 0.2) is 72.9 Å². The summed E-state index contributed by atoms with van der Waals surface area (Å²) in [6, 6.07) is 20.3. The van der Waals surface area contributed by atoms with Crippen molar-refractivity contribution in [3.05, 3.63) is 101 Å². The molecule has 3 aromatic carbocycles. The van der Waals surface area contributed by atoms with Crippen molar-refractivity contribution in [2.45, 2.75) is 13.3 Å². The van der Waals surface area contributed by atoms with Crippen LogP contribution in [-0.4, -0.2) is 19.5 Å². The van der Waals surface area contributed by atoms with Crippen molar-refractivity contribution in [3.8, 4) is 17.1 Å². The fourth-order valence-corrected chi connectivity index (χ4v) is 3.77. The Kier molecular flexibility index (Phi) is 4.60. The first kappa shape index (κ1) is 18.6. The molecule has 0 aliphatic rings. The van der Waals surface area contributed by atoms with Crippen molar-refractivity contribution in [1.82, 2.24) is 19.5 Å². The summed E-state index contributed by atoms with van der Waals surface area (Å²) in [6.45, 7) is 1.89. The smallest absolute Gasteiger partial charge is 0.145 e. The van der Waals surface area contributed by atoms with Gasteiger partial charge in [0.2, 0.25) is 0 Å². The molecular weight excluding hydrogens is 399 g/mol. The first-order valence-electron chi connectivity index (χ1n) is 9.61. The number of para-hydroxylation sites is 2. The predicted molar refractivity (Wildman–Crippen MR) is 118 cm³/mol. The molecule has 0 atom stereocenters. The van der Waals surface area contributed by atoms with Gasteiger partial charge in [0.25, 0.3) is 0 Å². The summed E-state index contributed by atoms with van der Waals surface area (Å²) in [6.07, 6.45) is 2.55. The van der Waals surface area contributed by atoms with Gasteiger partial charge in [-0.3, -0.25) is 4.57 Å². The zero-order valence-electron chi connectivity index (χ0n) is 16.2. The van der Waals surface area contributed by atoms with Gasteiger partial charge in [-0.15, -0.1) is 0 Å². The van der Waals surface area contributed by atoms with E-state index in [0.29, 0.717) is 11.4 Å². The van der Waals surface area contributed by atoms with Gasteiger partial charge in [-0.2, -0.15) is 0 Å². The van der Waals surface area contributed by atoms with Gasteiger partial charge in [-0.05, 0) is 67.1 Å². The summed E-state index contributed by atoms with van der Waals surface area (Å²) < 4.78 is 15.7. The number of halogens is 2. The third-order valence-corrected chi connectivity index (χ3v) is 5.33. The number of aromatic nitrogens is 4. The van der Waals surface area contributed by atoms with E-state index in [-0.39, 0.29) is 5.82 Å². The molecule has 4 nitrogen and oxygen atoms in total. The number of benzene rings is 3. The van der Waals surface area contributed by atoms with Crippen LogP contribution < -0.4 is 0 Å². The largest absolute Gasteiger partial charge is 0.342 e. The maximum absolute atomic E-state index is 13.7. The summed E-state index contributed by atoms with van der Waals surface area (Å²) in [5.74, 6) is 1.34. The van der Waals surface area contributed by atoms with Gasteiger partial charge in [0.05, 0.1) is 16.7 Å². The Morgan fingerprint density at radius 3 is 2.57 bits per heavy atom. The first-order valence-corrected chi connectivity index (χ1v) is 9.99. The Morgan fingerprint density at radius 1 is 1.00 bits per heavy atom. The molecule has 30 heavy (non-hydrogen) atoms. The maximum Gasteiger partial charge on any atom is 0.145 e. The summed E-state index contributed by atoms with van der Waals surface area (Å²) in [5.41, 5.74) is 5.43. The van der Waals surface area contributed by atoms with Crippen LogP contribution in [0.5, 0.6) is 0 Å². The summed E-state index contributed by atoms with van der Waals surface area (Å²) in [5, 5.41) is 0.667. The summed E-state index contributed by atoms with van der Waals surface area (Å²) in [4.78, 5) is 12.9. The molecule has 5 rings (SSSR count). The molecule has 0 aliphatic carbocycles. The van der Waals surface area contributed by atoms with E-state index in [4.69, 9.17) is 16.6 Å². The van der Waals surface area contributed by atoms with E-state index in [0.717, 1.165) is 45.2 Å². The second-order valence-corrected chi connectivity index (χ2v) is 7.68. The highest BCUT2D eigenvalue weighted by Crippen LogP contribution is 2.28. The van der Waals surface area contributed by atoms with Crippen molar-refractivity contribution >= 4 is 22.6 Å². The second kappa shape index (κ2) is 7.43. The van der Waals surface area contributed by atoms with Gasteiger partial charge >= 0.3 is 0 Å². The fourth-order valence-electron chi connectivity index (χ4n) is 3.64. The molecule has 0 aliphatic heterocycles. The lowest BCUT2D eigenvalue weighted by Crippen LogP contribution is -1.97. The van der Waals surface area contributed by atoms with Gasteiger partial charge in [0.15, 0.2) is 0 Å². The van der Waals surface area contributed by atoms with Crippen molar-refractivity contribution in [2.75, 3.05) is 0 Å². The number of H-pyrrole nitrogens is 1.